The van der Waals surface area contributed by atoms with Gasteiger partial charge in [-0.15, -0.1) is 0 Å². The lowest BCUT2D eigenvalue weighted by atomic mass is 9.85. The van der Waals surface area contributed by atoms with Gasteiger partial charge in [0.2, 0.25) is 0 Å². The lowest BCUT2D eigenvalue weighted by Crippen LogP contribution is -2.23. The summed E-state index contributed by atoms with van der Waals surface area (Å²) in [4.78, 5) is 16.3. The van der Waals surface area contributed by atoms with Crippen LogP contribution >= 0.6 is 0 Å². The number of carboxylic acids is 1. The fourth-order valence-electron chi connectivity index (χ4n) is 3.66. The van der Waals surface area contributed by atoms with E-state index in [9.17, 15) is 9.90 Å². The molecule has 1 aliphatic carbocycles. The van der Waals surface area contributed by atoms with E-state index in [1.165, 1.54) is 19.3 Å². The molecule has 0 aliphatic heterocycles. The second-order valence-electron chi connectivity index (χ2n) is 6.06. The fourth-order valence-corrected chi connectivity index (χ4v) is 3.66. The number of nitrogens with zero attached hydrogens (tertiary/aromatic N) is 2. The molecule has 1 aromatic carbocycles. The fraction of sp³-hybridized carbons (Fsp3) is 0.529. The molecule has 1 fully saturated rings. The molecular formula is C17H22N2O2. The van der Waals surface area contributed by atoms with Crippen molar-refractivity contribution in [1.29, 1.82) is 0 Å². The molecule has 0 spiro atoms. The third-order valence-corrected chi connectivity index (χ3v) is 4.73. The highest BCUT2D eigenvalue weighted by molar-refractivity contribution is 6.01. The van der Waals surface area contributed by atoms with E-state index in [-0.39, 0.29) is 0 Å². The highest BCUT2D eigenvalue weighted by Crippen LogP contribution is 2.37. The third kappa shape index (κ3) is 2.33. The molecule has 4 heteroatoms. The van der Waals surface area contributed by atoms with Crippen LogP contribution in [0.2, 0.25) is 0 Å². The number of hydrogen-bond donors (Lipinski definition) is 1. The first-order valence-electron chi connectivity index (χ1n) is 7.86. The Hall–Kier alpha value is -1.84. The van der Waals surface area contributed by atoms with E-state index in [4.69, 9.17) is 0 Å². The number of aromatic nitrogens is 2. The summed E-state index contributed by atoms with van der Waals surface area (Å²) in [5, 5.41) is 9.51. The zero-order chi connectivity index (χ0) is 15.0. The zero-order valence-electron chi connectivity index (χ0n) is 12.7. The van der Waals surface area contributed by atoms with Crippen molar-refractivity contribution in [3.8, 4) is 0 Å². The van der Waals surface area contributed by atoms with Gasteiger partial charge in [0.25, 0.3) is 0 Å². The molecule has 0 amide bonds. The number of para-hydroxylation sites is 1. The predicted molar refractivity (Wildman–Crippen MR) is 82.7 cm³/mol. The number of carbonyl (C=O) groups is 1. The van der Waals surface area contributed by atoms with Crippen molar-refractivity contribution in [2.75, 3.05) is 0 Å². The molecule has 3 rings (SSSR count). The SMILES string of the molecule is CCc1nc2cccc(C(=O)O)c2n1C1CCCCC1C. The summed E-state index contributed by atoms with van der Waals surface area (Å²) in [6.45, 7) is 4.37. The van der Waals surface area contributed by atoms with Crippen molar-refractivity contribution >= 4 is 17.0 Å². The van der Waals surface area contributed by atoms with Gasteiger partial charge in [0, 0.05) is 12.5 Å². The number of aromatic carboxylic acids is 1. The minimum atomic E-state index is -0.868. The lowest BCUT2D eigenvalue weighted by Gasteiger charge is -2.31. The summed E-state index contributed by atoms with van der Waals surface area (Å²) in [5.74, 6) is 0.716. The smallest absolute Gasteiger partial charge is 0.337 e. The Morgan fingerprint density at radius 2 is 2.14 bits per heavy atom. The number of benzene rings is 1. The van der Waals surface area contributed by atoms with Gasteiger partial charge in [0.05, 0.1) is 16.6 Å². The van der Waals surface area contributed by atoms with Gasteiger partial charge in [-0.2, -0.15) is 0 Å². The second-order valence-corrected chi connectivity index (χ2v) is 6.06. The van der Waals surface area contributed by atoms with E-state index in [2.05, 4.69) is 23.4 Å². The Morgan fingerprint density at radius 3 is 2.81 bits per heavy atom. The van der Waals surface area contributed by atoms with Crippen molar-refractivity contribution < 1.29 is 9.90 Å². The maximum absolute atomic E-state index is 11.6. The van der Waals surface area contributed by atoms with Gasteiger partial charge in [0.1, 0.15) is 5.82 Å². The molecule has 1 saturated carbocycles. The summed E-state index contributed by atoms with van der Waals surface area (Å²) < 4.78 is 2.22. The van der Waals surface area contributed by atoms with Crippen LogP contribution in [0.15, 0.2) is 18.2 Å². The van der Waals surface area contributed by atoms with E-state index in [0.717, 1.165) is 29.7 Å². The average molecular weight is 286 g/mol. The largest absolute Gasteiger partial charge is 0.478 e. The molecule has 2 aromatic rings. The van der Waals surface area contributed by atoms with E-state index in [1.807, 2.05) is 6.07 Å². The highest BCUT2D eigenvalue weighted by Gasteiger charge is 2.28. The number of imidazole rings is 1. The topological polar surface area (TPSA) is 55.1 Å². The number of hydrogen-bond acceptors (Lipinski definition) is 2. The molecule has 21 heavy (non-hydrogen) atoms. The molecule has 0 saturated heterocycles. The second kappa shape index (κ2) is 5.51. The molecule has 2 atom stereocenters. The third-order valence-electron chi connectivity index (χ3n) is 4.73. The molecule has 112 valence electrons. The summed E-state index contributed by atoms with van der Waals surface area (Å²) in [5.41, 5.74) is 1.99. The van der Waals surface area contributed by atoms with Crippen LogP contribution in [0.1, 0.15) is 61.8 Å². The summed E-state index contributed by atoms with van der Waals surface area (Å²) in [6, 6.07) is 5.77. The Bertz CT molecular complexity index is 675. The van der Waals surface area contributed by atoms with Crippen LogP contribution in [0.25, 0.3) is 11.0 Å². The molecule has 0 radical (unpaired) electrons. The van der Waals surface area contributed by atoms with E-state index >= 15 is 0 Å². The molecule has 1 N–H and O–H groups in total. The van der Waals surface area contributed by atoms with Gasteiger partial charge in [-0.05, 0) is 30.9 Å². The molecule has 1 heterocycles. The average Bonchev–Trinajstić information content (AvgIpc) is 2.86. The maximum atomic E-state index is 11.6. The van der Waals surface area contributed by atoms with Crippen LogP contribution in [-0.4, -0.2) is 20.6 Å². The maximum Gasteiger partial charge on any atom is 0.337 e. The highest BCUT2D eigenvalue weighted by atomic mass is 16.4. The van der Waals surface area contributed by atoms with Crippen LogP contribution in [-0.2, 0) is 6.42 Å². The minimum absolute atomic E-state index is 0.373. The van der Waals surface area contributed by atoms with Gasteiger partial charge in [-0.3, -0.25) is 0 Å². The number of rotatable bonds is 3. The van der Waals surface area contributed by atoms with Crippen molar-refractivity contribution in [1.82, 2.24) is 9.55 Å². The van der Waals surface area contributed by atoms with Crippen molar-refractivity contribution in [3.63, 3.8) is 0 Å². The normalized spacial score (nSPS) is 22.6. The Balaban J connectivity index is 2.25. The van der Waals surface area contributed by atoms with E-state index in [1.54, 1.807) is 12.1 Å². The molecular weight excluding hydrogens is 264 g/mol. The van der Waals surface area contributed by atoms with Crippen molar-refractivity contribution in [2.24, 2.45) is 5.92 Å². The van der Waals surface area contributed by atoms with Crippen LogP contribution < -0.4 is 0 Å². The number of fused-ring (bicyclic) bond motifs is 1. The summed E-state index contributed by atoms with van der Waals surface area (Å²) in [7, 11) is 0. The van der Waals surface area contributed by atoms with Gasteiger partial charge in [0.15, 0.2) is 0 Å². The molecule has 1 aromatic heterocycles. The Labute approximate surface area is 124 Å². The van der Waals surface area contributed by atoms with E-state index < -0.39 is 5.97 Å². The lowest BCUT2D eigenvalue weighted by molar-refractivity contribution is 0.0698. The standard InChI is InChI=1S/C17H22N2O2/c1-3-15-18-13-9-6-8-12(17(20)21)16(13)19(15)14-10-5-4-7-11(14)2/h6,8-9,11,14H,3-5,7,10H2,1-2H3,(H,20,21). The van der Waals surface area contributed by atoms with Gasteiger partial charge < -0.3 is 9.67 Å². The van der Waals surface area contributed by atoms with Crippen LogP contribution in [0.4, 0.5) is 0 Å². The van der Waals surface area contributed by atoms with Crippen LogP contribution in [0, 0.1) is 5.92 Å². The van der Waals surface area contributed by atoms with E-state index in [0.29, 0.717) is 17.5 Å². The molecule has 1 aliphatic rings. The van der Waals surface area contributed by atoms with Crippen LogP contribution in [0.5, 0.6) is 0 Å². The first kappa shape index (κ1) is 14.1. The van der Waals surface area contributed by atoms with Gasteiger partial charge >= 0.3 is 5.97 Å². The summed E-state index contributed by atoms with van der Waals surface area (Å²) in [6.07, 6.45) is 5.65. The predicted octanol–water partition coefficient (Wildman–Crippen LogP) is 4.05. The van der Waals surface area contributed by atoms with Crippen molar-refractivity contribution in [2.45, 2.75) is 52.0 Å². The summed E-state index contributed by atoms with van der Waals surface area (Å²) >= 11 is 0. The van der Waals surface area contributed by atoms with Gasteiger partial charge in [-0.1, -0.05) is 32.8 Å². The Morgan fingerprint density at radius 1 is 1.38 bits per heavy atom. The molecule has 2 unspecified atom stereocenters. The van der Waals surface area contributed by atoms with Crippen molar-refractivity contribution in [3.05, 3.63) is 29.6 Å². The first-order chi connectivity index (χ1) is 10.1. The number of carboxylic acid groups (broad SMARTS) is 1. The Kier molecular flexibility index (Phi) is 3.70. The number of aryl methyl sites for hydroxylation is 1. The molecule has 0 bridgehead atoms. The van der Waals surface area contributed by atoms with Gasteiger partial charge in [-0.25, -0.2) is 9.78 Å². The quantitative estimate of drug-likeness (QED) is 0.926. The monoisotopic (exact) mass is 286 g/mol. The minimum Gasteiger partial charge on any atom is -0.478 e. The zero-order valence-corrected chi connectivity index (χ0v) is 12.7. The first-order valence-corrected chi connectivity index (χ1v) is 7.86. The van der Waals surface area contributed by atoms with Crippen LogP contribution in [0.3, 0.4) is 0 Å². The molecule has 4 nitrogen and oxygen atoms in total.